The molecular weight excluding hydrogens is 636 g/mol. The molecule has 13 nitrogen and oxygen atoms in total. The number of amides is 2. The minimum Gasteiger partial charge on any atom is -0.486 e. The summed E-state index contributed by atoms with van der Waals surface area (Å²) in [5.41, 5.74) is 6.13. The highest BCUT2D eigenvalue weighted by Crippen LogP contribution is 2.33. The number of ether oxygens (including phenoxy) is 2. The number of nitrogens with zero attached hydrogens (tertiary/aromatic N) is 1. The average molecular weight is 683 g/mol. The topological polar surface area (TPSA) is 194 Å². The fraction of sp³-hybridized carbons (Fsp3) is 0.548. The molecule has 2 aromatic carbocycles. The Morgan fingerprint density at radius 2 is 1.65 bits per heavy atom. The Kier molecular flexibility index (Phi) is 13.8. The van der Waals surface area contributed by atoms with Crippen LogP contribution in [0.1, 0.15) is 32.8 Å². The normalized spacial score (nSPS) is 15.3. The quantitative estimate of drug-likeness (QED) is 0.174. The molecule has 46 heavy (non-hydrogen) atoms. The first-order valence-electron chi connectivity index (χ1n) is 15.3. The monoisotopic (exact) mass is 682 g/mol. The summed E-state index contributed by atoms with van der Waals surface area (Å²) >= 11 is 0. The van der Waals surface area contributed by atoms with Crippen LogP contribution in [0.3, 0.4) is 0 Å². The van der Waals surface area contributed by atoms with Gasteiger partial charge < -0.3 is 30.9 Å². The number of nitrogens with one attached hydrogen (secondary N) is 2. The van der Waals surface area contributed by atoms with Crippen molar-refractivity contribution in [2.75, 3.05) is 50.9 Å². The van der Waals surface area contributed by atoms with Crippen molar-refractivity contribution in [2.24, 2.45) is 17.6 Å². The molecule has 3 rings (SSSR count). The second-order valence-electron chi connectivity index (χ2n) is 11.8. The lowest BCUT2D eigenvalue weighted by atomic mass is 10.00. The van der Waals surface area contributed by atoms with E-state index in [0.717, 1.165) is 5.56 Å². The molecule has 1 unspecified atom stereocenters. The van der Waals surface area contributed by atoms with E-state index in [-0.39, 0.29) is 56.4 Å². The Labute approximate surface area is 271 Å². The maximum absolute atomic E-state index is 13.9. The van der Waals surface area contributed by atoms with Gasteiger partial charge in [0.15, 0.2) is 21.3 Å². The van der Waals surface area contributed by atoms with Gasteiger partial charge in [-0.05, 0) is 30.0 Å². The molecule has 0 radical (unpaired) electrons. The van der Waals surface area contributed by atoms with Crippen molar-refractivity contribution in [3.05, 3.63) is 54.1 Å². The predicted molar refractivity (Wildman–Crippen MR) is 174 cm³/mol. The SMILES string of the molecule is CC(C)CN(C[C@@H](O)C(Cc1ccccc1)NC(=O)[C@H](C)CS(=O)(=O)CCC(=O)NCCN)S(=O)(=O)c1ccc2c(c1)OCCO2. The van der Waals surface area contributed by atoms with Crippen LogP contribution >= 0.6 is 0 Å². The van der Waals surface area contributed by atoms with Gasteiger partial charge in [0.05, 0.1) is 28.5 Å². The van der Waals surface area contributed by atoms with Crippen LogP contribution in [0.2, 0.25) is 0 Å². The zero-order valence-corrected chi connectivity index (χ0v) is 28.2. The van der Waals surface area contributed by atoms with Crippen molar-refractivity contribution < 1.29 is 41.0 Å². The molecule has 0 aliphatic carbocycles. The average Bonchev–Trinajstić information content (AvgIpc) is 3.01. The van der Waals surface area contributed by atoms with E-state index in [2.05, 4.69) is 10.6 Å². The molecule has 5 N–H and O–H groups in total. The van der Waals surface area contributed by atoms with Crippen LogP contribution in [0, 0.1) is 11.8 Å². The van der Waals surface area contributed by atoms with Gasteiger partial charge in [-0.1, -0.05) is 51.1 Å². The zero-order valence-electron chi connectivity index (χ0n) is 26.6. The summed E-state index contributed by atoms with van der Waals surface area (Å²) in [4.78, 5) is 25.1. The van der Waals surface area contributed by atoms with Crippen molar-refractivity contribution in [1.82, 2.24) is 14.9 Å². The van der Waals surface area contributed by atoms with Gasteiger partial charge in [0.25, 0.3) is 0 Å². The largest absolute Gasteiger partial charge is 0.486 e. The van der Waals surface area contributed by atoms with E-state index in [1.807, 2.05) is 32.0 Å². The van der Waals surface area contributed by atoms with E-state index < -0.39 is 61.2 Å². The van der Waals surface area contributed by atoms with Crippen LogP contribution in [-0.4, -0.2) is 101 Å². The van der Waals surface area contributed by atoms with Crippen LogP contribution in [-0.2, 0) is 35.9 Å². The molecular formula is C31H46N4O9S2. The minimum atomic E-state index is -4.11. The maximum atomic E-state index is 13.9. The molecule has 1 heterocycles. The van der Waals surface area contributed by atoms with E-state index in [4.69, 9.17) is 15.2 Å². The van der Waals surface area contributed by atoms with Gasteiger partial charge in [0, 0.05) is 44.6 Å². The zero-order chi connectivity index (χ0) is 33.9. The number of fused-ring (bicyclic) bond motifs is 1. The standard InChI is InChI=1S/C31H46N4O9S2/c1-22(2)19-35(46(41,42)25-9-10-28-29(18-25)44-15-14-43-28)20-27(36)26(17-24-7-5-4-6-8-24)34-31(38)23(3)21-45(39,40)16-11-30(37)33-13-12-32/h4-10,18,22-23,26-27,36H,11-17,19-21,32H2,1-3H3,(H,33,37)(H,34,38)/t23-,26?,27-/m1/s1. The van der Waals surface area contributed by atoms with E-state index in [1.165, 1.54) is 29.4 Å². The Morgan fingerprint density at radius 1 is 0.978 bits per heavy atom. The Bertz CT molecular complexity index is 1520. The van der Waals surface area contributed by atoms with Gasteiger partial charge in [-0.2, -0.15) is 4.31 Å². The molecule has 0 spiro atoms. The van der Waals surface area contributed by atoms with Crippen LogP contribution in [0.25, 0.3) is 0 Å². The molecule has 3 atom stereocenters. The Morgan fingerprint density at radius 3 is 2.30 bits per heavy atom. The van der Waals surface area contributed by atoms with Crippen LogP contribution < -0.4 is 25.8 Å². The molecule has 0 saturated heterocycles. The molecule has 1 aliphatic heterocycles. The number of rotatable bonds is 18. The number of aliphatic hydroxyl groups is 1. The summed E-state index contributed by atoms with van der Waals surface area (Å²) in [5.74, 6) is -2.35. The van der Waals surface area contributed by atoms with Gasteiger partial charge in [-0.25, -0.2) is 16.8 Å². The molecule has 1 aliphatic rings. The third-order valence-corrected chi connectivity index (χ3v) is 10.9. The first-order chi connectivity index (χ1) is 21.7. The van der Waals surface area contributed by atoms with Crippen LogP contribution in [0.15, 0.2) is 53.4 Å². The van der Waals surface area contributed by atoms with E-state index in [9.17, 15) is 31.5 Å². The number of hydrogen-bond donors (Lipinski definition) is 4. The number of hydrogen-bond acceptors (Lipinski definition) is 10. The van der Waals surface area contributed by atoms with E-state index >= 15 is 0 Å². The summed E-state index contributed by atoms with van der Waals surface area (Å²) in [6.07, 6.45) is -1.45. The number of benzene rings is 2. The predicted octanol–water partition coefficient (Wildman–Crippen LogP) is 0.709. The highest BCUT2D eigenvalue weighted by Gasteiger charge is 2.33. The lowest BCUT2D eigenvalue weighted by Gasteiger charge is -2.31. The summed E-state index contributed by atoms with van der Waals surface area (Å²) < 4.78 is 65.4. The number of sulfone groups is 1. The number of carbonyl (C=O) groups is 2. The fourth-order valence-corrected chi connectivity index (χ4v) is 8.13. The smallest absolute Gasteiger partial charge is 0.243 e. The van der Waals surface area contributed by atoms with Crippen molar-refractivity contribution >= 4 is 31.7 Å². The molecule has 2 amide bonds. The molecule has 0 bridgehead atoms. The summed E-state index contributed by atoms with van der Waals surface area (Å²) in [6.45, 7) is 6.01. The highest BCUT2D eigenvalue weighted by atomic mass is 32.2. The van der Waals surface area contributed by atoms with Gasteiger partial charge in [-0.3, -0.25) is 9.59 Å². The number of carbonyl (C=O) groups excluding carboxylic acids is 2. The van der Waals surface area contributed by atoms with Gasteiger partial charge >= 0.3 is 0 Å². The second kappa shape index (κ2) is 17.1. The van der Waals surface area contributed by atoms with Crippen molar-refractivity contribution in [1.29, 1.82) is 0 Å². The third kappa shape index (κ3) is 11.2. The molecule has 0 aromatic heterocycles. The second-order valence-corrected chi connectivity index (χ2v) is 16.0. The summed E-state index contributed by atoms with van der Waals surface area (Å²) in [6, 6.07) is 12.5. The third-order valence-electron chi connectivity index (χ3n) is 7.26. The van der Waals surface area contributed by atoms with Gasteiger partial charge in [0.2, 0.25) is 21.8 Å². The lowest BCUT2D eigenvalue weighted by molar-refractivity contribution is -0.125. The van der Waals surface area contributed by atoms with Crippen LogP contribution in [0.5, 0.6) is 11.5 Å². The summed E-state index contributed by atoms with van der Waals surface area (Å²) in [5, 5.41) is 16.8. The van der Waals surface area contributed by atoms with Crippen LogP contribution in [0.4, 0.5) is 0 Å². The van der Waals surface area contributed by atoms with E-state index in [1.54, 1.807) is 12.1 Å². The van der Waals surface area contributed by atoms with E-state index in [0.29, 0.717) is 18.1 Å². The molecule has 15 heteroatoms. The molecule has 256 valence electrons. The fourth-order valence-electron chi connectivity index (χ4n) is 4.91. The summed E-state index contributed by atoms with van der Waals surface area (Å²) in [7, 11) is -7.89. The molecule has 0 fully saturated rings. The number of sulfonamides is 1. The van der Waals surface area contributed by atoms with Gasteiger partial charge in [-0.15, -0.1) is 0 Å². The first kappa shape index (κ1) is 37.2. The lowest BCUT2D eigenvalue weighted by Crippen LogP contribution is -2.52. The van der Waals surface area contributed by atoms with Crippen molar-refractivity contribution in [3.63, 3.8) is 0 Å². The maximum Gasteiger partial charge on any atom is 0.243 e. The molecule has 2 aromatic rings. The Hall–Kier alpha value is -3.24. The van der Waals surface area contributed by atoms with Crippen molar-refractivity contribution in [2.45, 2.75) is 50.7 Å². The first-order valence-corrected chi connectivity index (χ1v) is 18.6. The van der Waals surface area contributed by atoms with Gasteiger partial charge in [0.1, 0.15) is 13.2 Å². The minimum absolute atomic E-state index is 0.0243. The highest BCUT2D eigenvalue weighted by molar-refractivity contribution is 7.91. The number of aliphatic hydroxyl groups excluding tert-OH is 1. The number of nitrogens with two attached hydrogens (primary N) is 1. The molecule has 0 saturated carbocycles. The Balaban J connectivity index is 1.79. The van der Waals surface area contributed by atoms with Crippen molar-refractivity contribution in [3.8, 4) is 11.5 Å².